The minimum Gasteiger partial charge on any atom is -0.507 e. The smallest absolute Gasteiger partial charge is 0.339 e. The van der Waals surface area contributed by atoms with E-state index in [1.165, 1.54) is 23.3 Å². The van der Waals surface area contributed by atoms with Crippen LogP contribution in [0.3, 0.4) is 0 Å². The molecule has 0 radical (unpaired) electrons. The highest BCUT2D eigenvalue weighted by Crippen LogP contribution is 2.50. The highest BCUT2D eigenvalue weighted by Gasteiger charge is 2.40. The van der Waals surface area contributed by atoms with Crippen molar-refractivity contribution in [2.75, 3.05) is 37.6 Å². The summed E-state index contributed by atoms with van der Waals surface area (Å²) in [5.74, 6) is -2.29. The number of hydrogen-bond acceptors (Lipinski definition) is 6. The number of aromatic hydroxyl groups is 1. The lowest BCUT2D eigenvalue weighted by molar-refractivity contribution is -0.137. The largest absolute Gasteiger partial charge is 0.507 e. The summed E-state index contributed by atoms with van der Waals surface area (Å²) < 4.78 is 0. The van der Waals surface area contributed by atoms with E-state index in [1.807, 2.05) is 0 Å². The monoisotopic (exact) mass is 536 g/mol. The molecule has 210 valence electrons. The Balaban J connectivity index is 1.67. The number of phenols is 1. The van der Waals surface area contributed by atoms with Gasteiger partial charge in [0.1, 0.15) is 11.3 Å². The Morgan fingerprint density at radius 3 is 2.26 bits per heavy atom. The molecule has 1 heterocycles. The van der Waals surface area contributed by atoms with E-state index >= 15 is 0 Å². The summed E-state index contributed by atoms with van der Waals surface area (Å²) in [6, 6.07) is 8.54. The number of carboxylic acids is 2. The van der Waals surface area contributed by atoms with Gasteiger partial charge >= 0.3 is 11.9 Å². The van der Waals surface area contributed by atoms with Crippen molar-refractivity contribution >= 4 is 23.7 Å². The van der Waals surface area contributed by atoms with E-state index in [-0.39, 0.29) is 28.6 Å². The van der Waals surface area contributed by atoms with Gasteiger partial charge in [0.15, 0.2) is 0 Å². The van der Waals surface area contributed by atoms with Gasteiger partial charge in [-0.05, 0) is 64.1 Å². The lowest BCUT2D eigenvalue weighted by Crippen LogP contribution is -2.48. The van der Waals surface area contributed by atoms with Crippen molar-refractivity contribution in [2.24, 2.45) is 0 Å². The van der Waals surface area contributed by atoms with Gasteiger partial charge < -0.3 is 25.3 Å². The van der Waals surface area contributed by atoms with E-state index < -0.39 is 18.0 Å². The van der Waals surface area contributed by atoms with Crippen LogP contribution in [0.2, 0.25) is 0 Å². The molecule has 0 bridgehead atoms. The number of rotatable bonds is 8. The molecule has 0 saturated carbocycles. The van der Waals surface area contributed by atoms with Crippen molar-refractivity contribution in [1.82, 2.24) is 4.90 Å². The molecular weight excluding hydrogens is 496 g/mol. The maximum absolute atomic E-state index is 11.3. The molecule has 39 heavy (non-hydrogen) atoms. The zero-order valence-corrected chi connectivity index (χ0v) is 23.3. The maximum Gasteiger partial charge on any atom is 0.339 e. The van der Waals surface area contributed by atoms with Gasteiger partial charge in [0.2, 0.25) is 0 Å². The lowest BCUT2D eigenvalue weighted by atomic mass is 9.62. The summed E-state index contributed by atoms with van der Waals surface area (Å²) in [5, 5.41) is 39.5. The molecule has 1 atom stereocenters. The van der Waals surface area contributed by atoms with Crippen molar-refractivity contribution in [3.8, 4) is 5.75 Å². The number of carboxylic acid groups (broad SMARTS) is 2. The Hall–Kier alpha value is -3.36. The molecule has 4 N–H and O–H groups in total. The van der Waals surface area contributed by atoms with Crippen LogP contribution in [-0.4, -0.2) is 70.0 Å². The highest BCUT2D eigenvalue weighted by molar-refractivity contribution is 5.91. The van der Waals surface area contributed by atoms with Gasteiger partial charge in [-0.1, -0.05) is 52.0 Å². The first kappa shape index (κ1) is 28.6. The quantitative estimate of drug-likeness (QED) is 0.380. The van der Waals surface area contributed by atoms with Crippen LogP contribution < -0.4 is 4.90 Å². The van der Waals surface area contributed by atoms with Crippen molar-refractivity contribution in [3.05, 3.63) is 64.2 Å². The van der Waals surface area contributed by atoms with Crippen LogP contribution >= 0.6 is 0 Å². The zero-order chi connectivity index (χ0) is 28.5. The third-order valence-corrected chi connectivity index (χ3v) is 8.34. The standard InChI is InChI=1S/C31H40N2O6/c1-30(2)10-11-31(3,4)28-23(30)18-21(19-24(28)33-15-13-32(14-16-33)12-9-27(36)37)25(34)8-6-20-5-7-22(29(38)39)26(35)17-20/h5-8,17-19,25,34-35H,9-16H2,1-4H3,(H,36,37)(H,38,39)/b8-6-. The van der Waals surface area contributed by atoms with Gasteiger partial charge in [-0.3, -0.25) is 9.69 Å². The average Bonchev–Trinajstić information content (AvgIpc) is 2.88. The number of aliphatic hydroxyl groups is 1. The fraction of sp³-hybridized carbons (Fsp3) is 0.484. The SMILES string of the molecule is CC1(C)CCC(C)(C)c2c(N3CCN(CCC(=O)O)CC3)cc(C(O)/C=C\c3ccc(C(=O)O)c(O)c3)cc21. The van der Waals surface area contributed by atoms with E-state index in [2.05, 4.69) is 49.6 Å². The molecule has 1 saturated heterocycles. The number of nitrogens with zero attached hydrogens (tertiary/aromatic N) is 2. The average molecular weight is 537 g/mol. The maximum atomic E-state index is 11.3. The molecule has 4 rings (SSSR count). The predicted octanol–water partition coefficient (Wildman–Crippen LogP) is 4.78. The van der Waals surface area contributed by atoms with Gasteiger partial charge in [-0.15, -0.1) is 0 Å². The molecule has 1 aliphatic heterocycles. The number of benzene rings is 2. The number of hydrogen-bond donors (Lipinski definition) is 4. The molecule has 2 aliphatic rings. The predicted molar refractivity (Wildman–Crippen MR) is 152 cm³/mol. The fourth-order valence-electron chi connectivity index (χ4n) is 5.81. The molecule has 0 spiro atoms. The Kier molecular flexibility index (Phi) is 8.09. The summed E-state index contributed by atoms with van der Waals surface area (Å²) in [5.41, 5.74) is 4.83. The Morgan fingerprint density at radius 2 is 1.64 bits per heavy atom. The van der Waals surface area contributed by atoms with Gasteiger partial charge in [0, 0.05) is 38.4 Å². The number of fused-ring (bicyclic) bond motifs is 1. The molecule has 1 unspecified atom stereocenters. The second-order valence-electron chi connectivity index (χ2n) is 12.1. The summed E-state index contributed by atoms with van der Waals surface area (Å²) in [6.45, 7) is 12.8. The van der Waals surface area contributed by atoms with E-state index in [9.17, 15) is 19.8 Å². The summed E-state index contributed by atoms with van der Waals surface area (Å²) in [7, 11) is 0. The molecule has 2 aromatic rings. The van der Waals surface area contributed by atoms with Gasteiger partial charge in [-0.25, -0.2) is 4.79 Å². The molecule has 0 aromatic heterocycles. The molecule has 0 amide bonds. The molecule has 8 heteroatoms. The lowest BCUT2D eigenvalue weighted by Gasteiger charge is -2.46. The minimum atomic E-state index is -1.20. The zero-order valence-electron chi connectivity index (χ0n) is 23.3. The van der Waals surface area contributed by atoms with Crippen molar-refractivity contribution < 1.29 is 30.0 Å². The number of aliphatic carboxylic acids is 1. The number of carbonyl (C=O) groups is 2. The third-order valence-electron chi connectivity index (χ3n) is 8.34. The van der Waals surface area contributed by atoms with E-state index in [0.29, 0.717) is 12.1 Å². The minimum absolute atomic E-state index is 0.0244. The van der Waals surface area contributed by atoms with Crippen LogP contribution in [0.25, 0.3) is 6.08 Å². The van der Waals surface area contributed by atoms with Crippen molar-refractivity contribution in [1.29, 1.82) is 0 Å². The fourth-order valence-corrected chi connectivity index (χ4v) is 5.81. The van der Waals surface area contributed by atoms with Crippen LogP contribution in [0.1, 0.15) is 85.7 Å². The molecule has 1 aliphatic carbocycles. The van der Waals surface area contributed by atoms with Crippen LogP contribution in [0.4, 0.5) is 5.69 Å². The van der Waals surface area contributed by atoms with Crippen molar-refractivity contribution in [2.45, 2.75) is 63.9 Å². The molecule has 8 nitrogen and oxygen atoms in total. The van der Waals surface area contributed by atoms with Crippen LogP contribution in [0.5, 0.6) is 5.75 Å². The number of piperazine rings is 1. The number of aliphatic hydroxyl groups excluding tert-OH is 1. The molecular formula is C31H40N2O6. The van der Waals surface area contributed by atoms with Crippen molar-refractivity contribution in [3.63, 3.8) is 0 Å². The molecule has 2 aromatic carbocycles. The molecule has 1 fully saturated rings. The Morgan fingerprint density at radius 1 is 0.974 bits per heavy atom. The Bertz CT molecular complexity index is 1270. The van der Waals surface area contributed by atoms with Crippen LogP contribution in [0.15, 0.2) is 36.4 Å². The van der Waals surface area contributed by atoms with Gasteiger partial charge in [0.05, 0.1) is 12.5 Å². The number of anilines is 1. The number of aromatic carboxylic acids is 1. The first-order valence-electron chi connectivity index (χ1n) is 13.6. The third kappa shape index (κ3) is 6.28. The van der Waals surface area contributed by atoms with Gasteiger partial charge in [-0.2, -0.15) is 0 Å². The highest BCUT2D eigenvalue weighted by atomic mass is 16.4. The summed E-state index contributed by atoms with van der Waals surface area (Å²) >= 11 is 0. The van der Waals surface area contributed by atoms with E-state index in [4.69, 9.17) is 10.2 Å². The van der Waals surface area contributed by atoms with Gasteiger partial charge in [0.25, 0.3) is 0 Å². The summed E-state index contributed by atoms with van der Waals surface area (Å²) in [4.78, 5) is 26.8. The van der Waals surface area contributed by atoms with Crippen LogP contribution in [-0.2, 0) is 15.6 Å². The second kappa shape index (κ2) is 11.0. The topological polar surface area (TPSA) is 122 Å². The van der Waals surface area contributed by atoms with Crippen LogP contribution in [0, 0.1) is 0 Å². The normalized spacial score (nSPS) is 19.6. The second-order valence-corrected chi connectivity index (χ2v) is 12.1. The Labute approximate surface area is 230 Å². The first-order valence-corrected chi connectivity index (χ1v) is 13.6. The van der Waals surface area contributed by atoms with E-state index in [0.717, 1.165) is 50.3 Å². The first-order chi connectivity index (χ1) is 18.3. The summed E-state index contributed by atoms with van der Waals surface area (Å²) in [6.07, 6.45) is 4.70. The van der Waals surface area contributed by atoms with E-state index in [1.54, 1.807) is 18.2 Å².